The van der Waals surface area contributed by atoms with Crippen LogP contribution in [-0.2, 0) is 0 Å². The zero-order valence-corrected chi connectivity index (χ0v) is 15.0. The number of benzene rings is 1. The molecule has 1 aliphatic carbocycles. The van der Waals surface area contributed by atoms with Crippen molar-refractivity contribution in [3.05, 3.63) is 42.4 Å². The van der Waals surface area contributed by atoms with Gasteiger partial charge in [-0.25, -0.2) is 9.78 Å². The van der Waals surface area contributed by atoms with Crippen molar-refractivity contribution in [2.45, 2.75) is 56.3 Å². The van der Waals surface area contributed by atoms with Crippen molar-refractivity contribution < 1.29 is 15.0 Å². The third kappa shape index (κ3) is 1.89. The number of carboxylic acid groups (broad SMARTS) is 1. The monoisotopic (exact) mass is 365 g/mol. The first kappa shape index (κ1) is 15.7. The highest BCUT2D eigenvalue weighted by Gasteiger charge is 2.62. The van der Waals surface area contributed by atoms with E-state index in [1.54, 1.807) is 4.90 Å². The fourth-order valence-electron chi connectivity index (χ4n) is 6.69. The van der Waals surface area contributed by atoms with Gasteiger partial charge >= 0.3 is 6.09 Å². The van der Waals surface area contributed by atoms with Crippen LogP contribution in [0.1, 0.15) is 43.7 Å². The summed E-state index contributed by atoms with van der Waals surface area (Å²) in [6.07, 6.45) is 7.06. The van der Waals surface area contributed by atoms with Gasteiger partial charge in [-0.05, 0) is 37.7 Å². The Morgan fingerprint density at radius 1 is 1.15 bits per heavy atom. The Morgan fingerprint density at radius 3 is 2.59 bits per heavy atom. The van der Waals surface area contributed by atoms with Gasteiger partial charge < -0.3 is 19.7 Å². The van der Waals surface area contributed by atoms with E-state index in [9.17, 15) is 15.0 Å². The molecule has 2 bridgehead atoms. The molecule has 0 radical (unpaired) electrons. The third-order valence-electron chi connectivity index (χ3n) is 7.73. The molecule has 2 saturated heterocycles. The second-order valence-corrected chi connectivity index (χ2v) is 8.88. The van der Waals surface area contributed by atoms with Gasteiger partial charge in [-0.1, -0.05) is 24.3 Å². The van der Waals surface area contributed by atoms with Gasteiger partial charge in [0.2, 0.25) is 0 Å². The van der Waals surface area contributed by atoms with Gasteiger partial charge in [-0.15, -0.1) is 0 Å². The van der Waals surface area contributed by atoms with E-state index in [1.165, 1.54) is 11.1 Å². The first-order valence-electron chi connectivity index (χ1n) is 9.89. The van der Waals surface area contributed by atoms with E-state index in [2.05, 4.69) is 33.8 Å². The fourth-order valence-corrected chi connectivity index (χ4v) is 6.69. The minimum absolute atomic E-state index is 0.0801. The zero-order valence-electron chi connectivity index (χ0n) is 15.0. The normalized spacial score (nSPS) is 38.6. The highest BCUT2D eigenvalue weighted by molar-refractivity contribution is 5.69. The standard InChI is InChI=1S/C21H23N3O3/c25-19-16(9-21(19)7-12-5-6-13(8-21)24(12)20(26)27)18-15-4-2-1-3-14(15)17-10-22-11-23(17)18/h1-4,10-13,16,18-19,25H,5-9H2,(H,26,27)/t12-,13+,16-,18+,19-,21?/m0/s1. The second-order valence-electron chi connectivity index (χ2n) is 8.88. The van der Waals surface area contributed by atoms with E-state index < -0.39 is 6.09 Å². The molecule has 1 unspecified atom stereocenters. The van der Waals surface area contributed by atoms with Crippen LogP contribution in [0, 0.1) is 11.3 Å². The first-order chi connectivity index (χ1) is 13.1. The Kier molecular flexibility index (Phi) is 2.98. The zero-order chi connectivity index (χ0) is 18.3. The molecule has 1 amide bonds. The predicted molar refractivity (Wildman–Crippen MR) is 98.3 cm³/mol. The molecule has 3 fully saturated rings. The Hall–Kier alpha value is -2.34. The number of aliphatic hydroxyl groups excluding tert-OH is 1. The maximum atomic E-state index is 11.6. The van der Waals surface area contributed by atoms with E-state index in [0.717, 1.165) is 37.8 Å². The molecule has 1 saturated carbocycles. The van der Waals surface area contributed by atoms with E-state index in [4.69, 9.17) is 0 Å². The van der Waals surface area contributed by atoms with Crippen molar-refractivity contribution in [2.24, 2.45) is 11.3 Å². The molecule has 6 nitrogen and oxygen atoms in total. The molecule has 4 aliphatic rings. The summed E-state index contributed by atoms with van der Waals surface area (Å²) in [5.74, 6) is 0.164. The fraction of sp³-hybridized carbons (Fsp3) is 0.524. The van der Waals surface area contributed by atoms with Gasteiger partial charge in [-0.3, -0.25) is 0 Å². The minimum Gasteiger partial charge on any atom is -0.465 e. The Morgan fingerprint density at radius 2 is 1.89 bits per heavy atom. The summed E-state index contributed by atoms with van der Waals surface area (Å²) in [6.45, 7) is 0. The summed E-state index contributed by atoms with van der Waals surface area (Å²) in [6, 6.07) is 8.72. The van der Waals surface area contributed by atoms with Crippen LogP contribution in [0.3, 0.4) is 0 Å². The van der Waals surface area contributed by atoms with Crippen LogP contribution in [-0.4, -0.2) is 48.9 Å². The molecule has 140 valence electrons. The third-order valence-corrected chi connectivity index (χ3v) is 7.73. The maximum absolute atomic E-state index is 11.6. The summed E-state index contributed by atoms with van der Waals surface area (Å²) >= 11 is 0. The smallest absolute Gasteiger partial charge is 0.407 e. The van der Waals surface area contributed by atoms with Crippen LogP contribution >= 0.6 is 0 Å². The Bertz CT molecular complexity index is 924. The highest BCUT2D eigenvalue weighted by atomic mass is 16.4. The number of hydrogen-bond acceptors (Lipinski definition) is 3. The van der Waals surface area contributed by atoms with Crippen LogP contribution in [0.4, 0.5) is 4.79 Å². The predicted octanol–water partition coefficient (Wildman–Crippen LogP) is 3.12. The Balaban J connectivity index is 1.31. The van der Waals surface area contributed by atoms with Gasteiger partial charge in [0.25, 0.3) is 0 Å². The van der Waals surface area contributed by atoms with Crippen LogP contribution in [0.2, 0.25) is 0 Å². The number of piperidine rings is 1. The number of hydrogen-bond donors (Lipinski definition) is 2. The average molecular weight is 365 g/mol. The second kappa shape index (κ2) is 5.13. The molecule has 3 aliphatic heterocycles. The molecule has 1 aromatic heterocycles. The Labute approximate surface area is 157 Å². The van der Waals surface area contributed by atoms with Crippen molar-refractivity contribution in [1.29, 1.82) is 0 Å². The van der Waals surface area contributed by atoms with Gasteiger partial charge in [0.05, 0.1) is 30.4 Å². The molecule has 6 heteroatoms. The van der Waals surface area contributed by atoms with Crippen molar-refractivity contribution in [2.75, 3.05) is 0 Å². The van der Waals surface area contributed by atoms with Crippen molar-refractivity contribution in [3.8, 4) is 11.3 Å². The van der Waals surface area contributed by atoms with Gasteiger partial charge in [0.15, 0.2) is 0 Å². The van der Waals surface area contributed by atoms with Crippen LogP contribution in [0.25, 0.3) is 11.3 Å². The molecular weight excluding hydrogens is 342 g/mol. The number of aromatic nitrogens is 2. The highest BCUT2D eigenvalue weighted by Crippen LogP contribution is 2.62. The van der Waals surface area contributed by atoms with Crippen molar-refractivity contribution >= 4 is 6.09 Å². The number of carbonyl (C=O) groups is 1. The lowest BCUT2D eigenvalue weighted by Crippen LogP contribution is -2.62. The lowest BCUT2D eigenvalue weighted by atomic mass is 9.51. The molecule has 1 spiro atoms. The van der Waals surface area contributed by atoms with Gasteiger partial charge in [-0.2, -0.15) is 0 Å². The topological polar surface area (TPSA) is 78.6 Å². The number of amides is 1. The quantitative estimate of drug-likeness (QED) is 0.814. The summed E-state index contributed by atoms with van der Waals surface area (Å²) in [7, 11) is 0. The molecule has 27 heavy (non-hydrogen) atoms. The first-order valence-corrected chi connectivity index (χ1v) is 9.89. The maximum Gasteiger partial charge on any atom is 0.407 e. The van der Waals surface area contributed by atoms with Gasteiger partial charge in [0.1, 0.15) is 0 Å². The van der Waals surface area contributed by atoms with E-state index in [0.29, 0.717) is 0 Å². The van der Waals surface area contributed by atoms with Crippen molar-refractivity contribution in [3.63, 3.8) is 0 Å². The molecule has 2 N–H and O–H groups in total. The molecule has 2 aromatic rings. The average Bonchev–Trinajstić information content (AvgIpc) is 3.32. The SMILES string of the molecule is O=C(O)N1[C@@H]2CC[C@H]1CC1(C[C@@H]([C@H]3c4ccccc4-c4cncn43)[C@@H]1O)C2. The molecule has 1 aromatic carbocycles. The van der Waals surface area contributed by atoms with Crippen molar-refractivity contribution in [1.82, 2.24) is 14.5 Å². The lowest BCUT2D eigenvalue weighted by Gasteiger charge is -2.59. The number of rotatable bonds is 1. The minimum atomic E-state index is -0.796. The molecular formula is C21H23N3O3. The number of fused-ring (bicyclic) bond motifs is 5. The summed E-state index contributed by atoms with van der Waals surface area (Å²) < 4.78 is 2.21. The summed E-state index contributed by atoms with van der Waals surface area (Å²) in [5.41, 5.74) is 3.51. The number of nitrogens with zero attached hydrogens (tertiary/aromatic N) is 3. The lowest BCUT2D eigenvalue weighted by molar-refractivity contribution is -0.166. The number of imidazole rings is 1. The molecule has 4 heterocycles. The van der Waals surface area contributed by atoms with Crippen LogP contribution < -0.4 is 0 Å². The van der Waals surface area contributed by atoms with Crippen LogP contribution in [0.5, 0.6) is 0 Å². The summed E-state index contributed by atoms with van der Waals surface area (Å²) in [4.78, 5) is 17.6. The van der Waals surface area contributed by atoms with Crippen LogP contribution in [0.15, 0.2) is 36.8 Å². The largest absolute Gasteiger partial charge is 0.465 e. The van der Waals surface area contributed by atoms with E-state index in [1.807, 2.05) is 12.5 Å². The van der Waals surface area contributed by atoms with E-state index in [-0.39, 0.29) is 35.6 Å². The molecule has 6 rings (SSSR count). The molecule has 6 atom stereocenters. The van der Waals surface area contributed by atoms with E-state index >= 15 is 0 Å². The number of aliphatic hydroxyl groups is 1. The summed E-state index contributed by atoms with van der Waals surface area (Å²) in [5, 5.41) is 20.8. The van der Waals surface area contributed by atoms with Gasteiger partial charge in [0, 0.05) is 29.0 Å².